The molecule has 3 N–H and O–H groups in total. The summed E-state index contributed by atoms with van der Waals surface area (Å²) < 4.78 is 6.49. The van der Waals surface area contributed by atoms with Gasteiger partial charge in [0.25, 0.3) is 0 Å². The van der Waals surface area contributed by atoms with Gasteiger partial charge in [0.2, 0.25) is 0 Å². The summed E-state index contributed by atoms with van der Waals surface area (Å²) in [7, 11) is 0. The van der Waals surface area contributed by atoms with Crippen molar-refractivity contribution < 1.29 is 4.74 Å². The molecule has 2 aliphatic heterocycles. The number of nitrogens with zero attached hydrogens (tertiary/aromatic N) is 3. The van der Waals surface area contributed by atoms with Gasteiger partial charge < -0.3 is 15.8 Å². The number of nitrogens with one attached hydrogen (secondary N) is 1. The zero-order valence-corrected chi connectivity index (χ0v) is 22.2. The molecule has 1 atom stereocenters. The number of ether oxygens (including phenoxy) is 1. The van der Waals surface area contributed by atoms with Crippen LogP contribution in [-0.2, 0) is 5.41 Å². The first-order chi connectivity index (χ1) is 20.2. The number of para-hydroxylation sites is 1. The van der Waals surface area contributed by atoms with Crippen LogP contribution < -0.4 is 15.8 Å². The number of hydrogen-bond acceptors (Lipinski definition) is 5. The summed E-state index contributed by atoms with van der Waals surface area (Å²) >= 11 is 0. The fraction of sp³-hybridized carbons (Fsp3) is 0.0571. The van der Waals surface area contributed by atoms with E-state index in [4.69, 9.17) is 20.4 Å². The number of fused-ring (bicyclic) bond motifs is 2. The molecule has 2 aromatic heterocycles. The van der Waals surface area contributed by atoms with E-state index in [0.29, 0.717) is 11.7 Å². The summed E-state index contributed by atoms with van der Waals surface area (Å²) in [5.41, 5.74) is 13.0. The van der Waals surface area contributed by atoms with Crippen LogP contribution in [0, 0.1) is 0 Å². The number of hydrogen-bond donors (Lipinski definition) is 2. The number of allylic oxidation sites excluding steroid dienone is 2. The molecule has 0 saturated heterocycles. The topological polar surface area (TPSA) is 85.4 Å². The summed E-state index contributed by atoms with van der Waals surface area (Å²) in [6.45, 7) is 0.726. The first-order valence-corrected chi connectivity index (χ1v) is 13.5. The van der Waals surface area contributed by atoms with Crippen LogP contribution in [0.1, 0.15) is 22.3 Å². The van der Waals surface area contributed by atoms with Crippen molar-refractivity contribution in [1.29, 1.82) is 0 Å². The first-order valence-electron chi connectivity index (χ1n) is 13.5. The molecule has 41 heavy (non-hydrogen) atoms. The average Bonchev–Trinajstić information content (AvgIpc) is 3.05. The zero-order valence-electron chi connectivity index (χ0n) is 22.2. The SMILES string of the molecule is NC(=Nc1cccc(-c2ccccc2)n1)c1ccc2c(c1)C(C1=CCNC=C1)(c1ccncc1)c1ccccc1O2. The smallest absolute Gasteiger partial charge is 0.154 e. The maximum Gasteiger partial charge on any atom is 0.154 e. The number of pyridine rings is 2. The van der Waals surface area contributed by atoms with E-state index in [1.807, 2.05) is 91.4 Å². The molecule has 7 rings (SSSR count). The minimum atomic E-state index is -0.645. The van der Waals surface area contributed by atoms with Gasteiger partial charge >= 0.3 is 0 Å². The van der Waals surface area contributed by atoms with Crippen molar-refractivity contribution in [3.8, 4) is 22.8 Å². The van der Waals surface area contributed by atoms with Crippen molar-refractivity contribution in [1.82, 2.24) is 15.3 Å². The van der Waals surface area contributed by atoms with Crippen LogP contribution in [0.15, 0.2) is 144 Å². The van der Waals surface area contributed by atoms with Crippen LogP contribution in [0.2, 0.25) is 0 Å². The Bertz CT molecular complexity index is 1830. The van der Waals surface area contributed by atoms with Crippen molar-refractivity contribution in [3.05, 3.63) is 162 Å². The summed E-state index contributed by atoms with van der Waals surface area (Å²) in [6, 6.07) is 34.2. The van der Waals surface area contributed by atoms with Gasteiger partial charge in [-0.05, 0) is 71.9 Å². The van der Waals surface area contributed by atoms with Crippen LogP contribution in [-0.4, -0.2) is 22.3 Å². The van der Waals surface area contributed by atoms with Crippen molar-refractivity contribution >= 4 is 11.7 Å². The van der Waals surface area contributed by atoms with Crippen molar-refractivity contribution in [3.63, 3.8) is 0 Å². The third kappa shape index (κ3) is 4.26. The molecule has 0 amide bonds. The lowest BCUT2D eigenvalue weighted by Gasteiger charge is -2.42. The minimum Gasteiger partial charge on any atom is -0.457 e. The van der Waals surface area contributed by atoms with Gasteiger partial charge in [-0.3, -0.25) is 4.98 Å². The normalized spacial score (nSPS) is 17.5. The number of rotatable bonds is 5. The Morgan fingerprint density at radius 3 is 2.46 bits per heavy atom. The van der Waals surface area contributed by atoms with E-state index in [2.05, 4.69) is 52.8 Å². The molecule has 5 aromatic rings. The molecule has 0 fully saturated rings. The van der Waals surface area contributed by atoms with Crippen LogP contribution in [0.3, 0.4) is 0 Å². The van der Waals surface area contributed by atoms with Crippen LogP contribution in [0.25, 0.3) is 11.3 Å². The molecule has 0 saturated carbocycles. The monoisotopic (exact) mass is 533 g/mol. The molecular weight excluding hydrogens is 506 g/mol. The lowest BCUT2D eigenvalue weighted by atomic mass is 9.63. The van der Waals surface area contributed by atoms with E-state index in [-0.39, 0.29) is 0 Å². The van der Waals surface area contributed by atoms with E-state index in [1.165, 1.54) is 0 Å². The van der Waals surface area contributed by atoms with Gasteiger partial charge in [0.1, 0.15) is 17.3 Å². The maximum absolute atomic E-state index is 6.67. The van der Waals surface area contributed by atoms with E-state index in [0.717, 1.165) is 57.1 Å². The number of amidine groups is 1. The standard InChI is InChI=1S/C35H27N5O/c36-34(40-33-12-6-10-30(39-33)24-7-2-1-3-8-24)25-13-14-32-29(23-25)35(26-15-19-37-20-16-26,27-17-21-38-22-18-27)28-9-4-5-11-31(28)41-32/h1-21,23,38H,22H2,(H2,36,39,40). The number of nitrogens with two attached hydrogens (primary N) is 1. The number of benzene rings is 3. The van der Waals surface area contributed by atoms with E-state index in [9.17, 15) is 0 Å². The van der Waals surface area contributed by atoms with Crippen LogP contribution in [0.5, 0.6) is 11.5 Å². The minimum absolute atomic E-state index is 0.378. The highest BCUT2D eigenvalue weighted by atomic mass is 16.5. The zero-order chi connectivity index (χ0) is 27.6. The van der Waals surface area contributed by atoms with Gasteiger partial charge in [-0.1, -0.05) is 60.7 Å². The Hall–Kier alpha value is -5.49. The molecular formula is C35H27N5O. The fourth-order valence-electron chi connectivity index (χ4n) is 5.77. The number of dihydropyridines is 1. The molecule has 6 nitrogen and oxygen atoms in total. The second-order valence-electron chi connectivity index (χ2n) is 9.94. The summed E-state index contributed by atoms with van der Waals surface area (Å²) in [5.74, 6) is 2.52. The predicted molar refractivity (Wildman–Crippen MR) is 162 cm³/mol. The molecule has 6 heteroatoms. The van der Waals surface area contributed by atoms with Crippen LogP contribution >= 0.6 is 0 Å². The molecule has 4 heterocycles. The second-order valence-corrected chi connectivity index (χ2v) is 9.94. The lowest BCUT2D eigenvalue weighted by Crippen LogP contribution is -2.36. The summed E-state index contributed by atoms with van der Waals surface area (Å²) in [5, 5.41) is 3.30. The second kappa shape index (κ2) is 10.2. The molecule has 2 aliphatic rings. The van der Waals surface area contributed by atoms with Crippen molar-refractivity contribution in [2.24, 2.45) is 10.7 Å². The quantitative estimate of drug-likeness (QED) is 0.195. The predicted octanol–water partition coefficient (Wildman–Crippen LogP) is 6.66. The molecule has 3 aromatic carbocycles. The molecule has 0 aliphatic carbocycles. The highest BCUT2D eigenvalue weighted by Crippen LogP contribution is 2.55. The molecule has 0 bridgehead atoms. The Balaban J connectivity index is 1.40. The van der Waals surface area contributed by atoms with Crippen molar-refractivity contribution in [2.75, 3.05) is 6.54 Å². The fourth-order valence-corrected chi connectivity index (χ4v) is 5.77. The Morgan fingerprint density at radius 2 is 1.63 bits per heavy atom. The van der Waals surface area contributed by atoms with Gasteiger partial charge in [0.15, 0.2) is 5.82 Å². The molecule has 0 spiro atoms. The largest absolute Gasteiger partial charge is 0.457 e. The lowest BCUT2D eigenvalue weighted by molar-refractivity contribution is 0.433. The molecule has 0 radical (unpaired) electrons. The van der Waals surface area contributed by atoms with E-state index in [1.54, 1.807) is 0 Å². The Labute approximate surface area is 238 Å². The van der Waals surface area contributed by atoms with Gasteiger partial charge in [-0.15, -0.1) is 0 Å². The summed E-state index contributed by atoms with van der Waals surface area (Å²) in [4.78, 5) is 13.8. The third-order valence-electron chi connectivity index (χ3n) is 7.60. The first kappa shape index (κ1) is 24.5. The van der Waals surface area contributed by atoms with E-state index >= 15 is 0 Å². The number of aliphatic imine (C=N–C) groups is 1. The maximum atomic E-state index is 6.67. The van der Waals surface area contributed by atoms with E-state index < -0.39 is 5.41 Å². The highest BCUT2D eigenvalue weighted by molar-refractivity contribution is 5.99. The average molecular weight is 534 g/mol. The Kier molecular flexibility index (Phi) is 6.13. The van der Waals surface area contributed by atoms with Gasteiger partial charge in [-0.2, -0.15) is 0 Å². The molecule has 1 unspecified atom stereocenters. The molecule has 198 valence electrons. The van der Waals surface area contributed by atoms with Gasteiger partial charge in [0, 0.05) is 41.2 Å². The third-order valence-corrected chi connectivity index (χ3v) is 7.60. The van der Waals surface area contributed by atoms with Crippen molar-refractivity contribution in [2.45, 2.75) is 5.41 Å². The van der Waals surface area contributed by atoms with Gasteiger partial charge in [0.05, 0.1) is 11.1 Å². The van der Waals surface area contributed by atoms with Gasteiger partial charge in [-0.25, -0.2) is 9.98 Å². The highest BCUT2D eigenvalue weighted by Gasteiger charge is 2.46. The van der Waals surface area contributed by atoms with Crippen LogP contribution in [0.4, 0.5) is 5.82 Å². The summed E-state index contributed by atoms with van der Waals surface area (Å²) in [6.07, 6.45) is 10.0. The number of aromatic nitrogens is 2. The Morgan fingerprint density at radius 1 is 0.829 bits per heavy atom.